The Morgan fingerprint density at radius 2 is 2.15 bits per heavy atom. The van der Waals surface area contributed by atoms with Gasteiger partial charge in [-0.15, -0.1) is 16.4 Å². The number of thiophene rings is 1. The maximum atomic E-state index is 3.94. The molecule has 0 fully saturated rings. The van der Waals surface area contributed by atoms with Crippen molar-refractivity contribution >= 4 is 33.0 Å². The third kappa shape index (κ3) is 2.59. The molecular formula is C13H12BrN5S. The maximum absolute atomic E-state index is 3.94. The molecule has 2 heterocycles. The second-order valence-electron chi connectivity index (χ2n) is 4.27. The molecule has 0 aliphatic rings. The minimum atomic E-state index is 0.196. The lowest BCUT2D eigenvalue weighted by atomic mass is 10.2. The van der Waals surface area contributed by atoms with Crippen molar-refractivity contribution in [2.75, 3.05) is 5.32 Å². The van der Waals surface area contributed by atoms with E-state index in [4.69, 9.17) is 0 Å². The molecule has 0 aliphatic carbocycles. The van der Waals surface area contributed by atoms with Crippen LogP contribution >= 0.6 is 27.3 Å². The van der Waals surface area contributed by atoms with E-state index in [0.29, 0.717) is 0 Å². The van der Waals surface area contributed by atoms with Gasteiger partial charge < -0.3 is 5.32 Å². The number of anilines is 1. The number of nitrogens with one attached hydrogen (secondary N) is 1. The van der Waals surface area contributed by atoms with Gasteiger partial charge in [-0.2, -0.15) is 4.68 Å². The highest BCUT2D eigenvalue weighted by molar-refractivity contribution is 9.10. The molecule has 7 heteroatoms. The first-order valence-electron chi connectivity index (χ1n) is 6.07. The third-order valence-corrected chi connectivity index (χ3v) is 4.96. The summed E-state index contributed by atoms with van der Waals surface area (Å²) in [6.07, 6.45) is 1.59. The second-order valence-corrected chi connectivity index (χ2v) is 6.07. The number of halogens is 1. The minimum absolute atomic E-state index is 0.196. The van der Waals surface area contributed by atoms with Crippen LogP contribution in [0, 0.1) is 0 Å². The Labute approximate surface area is 128 Å². The number of hydrogen-bond acceptors (Lipinski definition) is 5. The Morgan fingerprint density at radius 3 is 2.85 bits per heavy atom. The monoisotopic (exact) mass is 349 g/mol. The van der Waals surface area contributed by atoms with Gasteiger partial charge in [0.15, 0.2) is 0 Å². The van der Waals surface area contributed by atoms with Crippen LogP contribution < -0.4 is 5.32 Å². The molecule has 1 N–H and O–H groups in total. The molecule has 102 valence electrons. The summed E-state index contributed by atoms with van der Waals surface area (Å²) in [7, 11) is 0. The van der Waals surface area contributed by atoms with Crippen molar-refractivity contribution in [3.63, 3.8) is 0 Å². The zero-order valence-corrected chi connectivity index (χ0v) is 13.1. The molecule has 1 atom stereocenters. The van der Waals surface area contributed by atoms with Crippen LogP contribution in [0.3, 0.4) is 0 Å². The van der Waals surface area contributed by atoms with Crippen molar-refractivity contribution in [3.05, 3.63) is 51.4 Å². The van der Waals surface area contributed by atoms with Crippen LogP contribution in [0.1, 0.15) is 17.8 Å². The quantitative estimate of drug-likeness (QED) is 0.780. The number of nitrogens with zero attached hydrogens (tertiary/aromatic N) is 4. The van der Waals surface area contributed by atoms with E-state index in [2.05, 4.69) is 55.1 Å². The van der Waals surface area contributed by atoms with Gasteiger partial charge in [0.2, 0.25) is 0 Å². The molecule has 0 saturated carbocycles. The molecule has 0 aliphatic heterocycles. The summed E-state index contributed by atoms with van der Waals surface area (Å²) in [5.74, 6) is 0. The van der Waals surface area contributed by atoms with Gasteiger partial charge in [0.25, 0.3) is 0 Å². The summed E-state index contributed by atoms with van der Waals surface area (Å²) in [6, 6.07) is 10.2. The average molecular weight is 350 g/mol. The average Bonchev–Trinajstić information content (AvgIpc) is 3.10. The number of rotatable bonds is 4. The molecule has 0 bridgehead atoms. The van der Waals surface area contributed by atoms with Crippen molar-refractivity contribution in [1.29, 1.82) is 0 Å². The van der Waals surface area contributed by atoms with Crippen LogP contribution in [-0.4, -0.2) is 20.2 Å². The van der Waals surface area contributed by atoms with Crippen molar-refractivity contribution < 1.29 is 0 Å². The van der Waals surface area contributed by atoms with E-state index in [1.807, 2.05) is 24.3 Å². The van der Waals surface area contributed by atoms with Crippen LogP contribution in [0.2, 0.25) is 0 Å². The lowest BCUT2D eigenvalue weighted by Crippen LogP contribution is -2.09. The molecule has 5 nitrogen and oxygen atoms in total. The highest BCUT2D eigenvalue weighted by Gasteiger charge is 2.13. The first-order chi connectivity index (χ1) is 9.75. The second kappa shape index (κ2) is 5.72. The zero-order chi connectivity index (χ0) is 13.9. The van der Waals surface area contributed by atoms with Gasteiger partial charge in [0.1, 0.15) is 6.33 Å². The van der Waals surface area contributed by atoms with Gasteiger partial charge in [-0.05, 0) is 56.9 Å². The van der Waals surface area contributed by atoms with Crippen LogP contribution in [-0.2, 0) is 0 Å². The van der Waals surface area contributed by atoms with Crippen LogP contribution in [0.5, 0.6) is 0 Å². The first kappa shape index (κ1) is 13.3. The van der Waals surface area contributed by atoms with E-state index in [9.17, 15) is 0 Å². The number of para-hydroxylation sites is 2. The number of tetrazole rings is 1. The molecule has 2 aromatic heterocycles. The Morgan fingerprint density at radius 1 is 1.30 bits per heavy atom. The molecule has 0 amide bonds. The Kier molecular flexibility index (Phi) is 3.79. The number of aromatic nitrogens is 4. The Balaban J connectivity index is 1.90. The van der Waals surface area contributed by atoms with E-state index in [0.717, 1.165) is 15.8 Å². The largest absolute Gasteiger partial charge is 0.376 e. The fourth-order valence-corrected chi connectivity index (χ4v) is 3.71. The smallest absolute Gasteiger partial charge is 0.143 e. The normalized spacial score (nSPS) is 12.3. The van der Waals surface area contributed by atoms with E-state index in [1.165, 1.54) is 4.88 Å². The lowest BCUT2D eigenvalue weighted by molar-refractivity contribution is 0.786. The molecule has 1 aromatic carbocycles. The van der Waals surface area contributed by atoms with Gasteiger partial charge >= 0.3 is 0 Å². The molecule has 0 spiro atoms. The summed E-state index contributed by atoms with van der Waals surface area (Å²) < 4.78 is 2.78. The highest BCUT2D eigenvalue weighted by atomic mass is 79.9. The zero-order valence-electron chi connectivity index (χ0n) is 10.7. The lowest BCUT2D eigenvalue weighted by Gasteiger charge is -2.17. The standard InChI is InChI=1S/C13H12BrN5S/c1-9(13-10(14)6-7-20-13)16-11-4-2-3-5-12(11)19-8-15-17-18-19/h2-9,16H,1H3. The van der Waals surface area contributed by atoms with E-state index in [-0.39, 0.29) is 6.04 Å². The molecular weight excluding hydrogens is 338 g/mol. The molecule has 20 heavy (non-hydrogen) atoms. The molecule has 3 rings (SSSR count). The summed E-state index contributed by atoms with van der Waals surface area (Å²) in [4.78, 5) is 1.26. The highest BCUT2D eigenvalue weighted by Crippen LogP contribution is 2.32. The van der Waals surface area contributed by atoms with Crippen molar-refractivity contribution in [2.24, 2.45) is 0 Å². The Hall–Kier alpha value is -1.73. The van der Waals surface area contributed by atoms with Crippen molar-refractivity contribution in [1.82, 2.24) is 20.2 Å². The van der Waals surface area contributed by atoms with Crippen LogP contribution in [0.25, 0.3) is 5.69 Å². The molecule has 0 radical (unpaired) electrons. The fraction of sp³-hybridized carbons (Fsp3) is 0.154. The van der Waals surface area contributed by atoms with E-state index >= 15 is 0 Å². The Bertz CT molecular complexity index is 694. The molecule has 0 saturated heterocycles. The van der Waals surface area contributed by atoms with Crippen LogP contribution in [0.15, 0.2) is 46.5 Å². The maximum Gasteiger partial charge on any atom is 0.143 e. The van der Waals surface area contributed by atoms with Gasteiger partial charge in [-0.3, -0.25) is 0 Å². The third-order valence-electron chi connectivity index (χ3n) is 2.91. The van der Waals surface area contributed by atoms with Crippen molar-refractivity contribution in [3.8, 4) is 5.69 Å². The van der Waals surface area contributed by atoms with Crippen molar-refractivity contribution in [2.45, 2.75) is 13.0 Å². The predicted molar refractivity (Wildman–Crippen MR) is 83.2 cm³/mol. The van der Waals surface area contributed by atoms with E-state index in [1.54, 1.807) is 22.3 Å². The van der Waals surface area contributed by atoms with Gasteiger partial charge in [-0.1, -0.05) is 12.1 Å². The number of hydrogen-bond donors (Lipinski definition) is 1. The summed E-state index contributed by atoms with van der Waals surface area (Å²) in [5, 5.41) is 16.9. The SMILES string of the molecule is CC(Nc1ccccc1-n1cnnn1)c1sccc1Br. The fourth-order valence-electron chi connectivity index (χ4n) is 1.98. The summed E-state index contributed by atoms with van der Waals surface area (Å²) in [5.41, 5.74) is 1.92. The van der Waals surface area contributed by atoms with Gasteiger partial charge in [0.05, 0.1) is 17.4 Å². The molecule has 1 unspecified atom stereocenters. The molecule has 3 aromatic rings. The topological polar surface area (TPSA) is 55.6 Å². The van der Waals surface area contributed by atoms with Gasteiger partial charge in [0, 0.05) is 9.35 Å². The predicted octanol–water partition coefficient (Wildman–Crippen LogP) is 3.66. The van der Waals surface area contributed by atoms with Gasteiger partial charge in [-0.25, -0.2) is 0 Å². The summed E-state index contributed by atoms with van der Waals surface area (Å²) >= 11 is 5.29. The van der Waals surface area contributed by atoms with Crippen LogP contribution in [0.4, 0.5) is 5.69 Å². The first-order valence-corrected chi connectivity index (χ1v) is 7.75. The number of benzene rings is 1. The summed E-state index contributed by atoms with van der Waals surface area (Å²) in [6.45, 7) is 2.13. The minimum Gasteiger partial charge on any atom is -0.376 e. The van der Waals surface area contributed by atoms with E-state index < -0.39 is 0 Å².